The highest BCUT2D eigenvalue weighted by Crippen LogP contribution is 2.31. The number of nitrogens with one attached hydrogen (secondary N) is 1. The number of hydrogen-bond donors (Lipinski definition) is 2. The van der Waals surface area contributed by atoms with E-state index in [0.29, 0.717) is 16.5 Å². The third-order valence-corrected chi connectivity index (χ3v) is 5.17. The maximum absolute atomic E-state index is 12.0. The molecule has 1 heterocycles. The van der Waals surface area contributed by atoms with Gasteiger partial charge in [-0.3, -0.25) is 10.1 Å². The van der Waals surface area contributed by atoms with Crippen molar-refractivity contribution in [3.05, 3.63) is 59.7 Å². The Morgan fingerprint density at radius 2 is 1.41 bits per heavy atom. The van der Waals surface area contributed by atoms with Gasteiger partial charge >= 0.3 is 6.03 Å². The van der Waals surface area contributed by atoms with Crippen molar-refractivity contribution >= 4 is 23.7 Å². The molecule has 1 aromatic heterocycles. The van der Waals surface area contributed by atoms with E-state index < -0.39 is 17.2 Å². The number of imide groups is 1. The van der Waals surface area contributed by atoms with E-state index in [0.717, 1.165) is 34.0 Å². The Morgan fingerprint density at radius 1 is 0.897 bits per heavy atom. The number of hydrogen-bond acceptors (Lipinski definition) is 6. The first-order chi connectivity index (χ1) is 13.8. The van der Waals surface area contributed by atoms with Crippen LogP contribution in [0.15, 0.2) is 53.7 Å². The summed E-state index contributed by atoms with van der Waals surface area (Å²) >= 11 is 1.11. The predicted molar refractivity (Wildman–Crippen MR) is 113 cm³/mol. The molecule has 1 atom stereocenters. The summed E-state index contributed by atoms with van der Waals surface area (Å²) in [6.07, 6.45) is 0. The second-order valence-corrected chi connectivity index (χ2v) is 7.95. The number of nitrogens with two attached hydrogens (primary N) is 1. The molecule has 8 heteroatoms. The van der Waals surface area contributed by atoms with Crippen molar-refractivity contribution in [1.82, 2.24) is 20.5 Å². The molecular weight excluding hydrogens is 386 g/mol. The minimum atomic E-state index is -0.892. The average Bonchev–Trinajstić information content (AvgIpc) is 2.69. The molecule has 2 aromatic carbocycles. The van der Waals surface area contributed by atoms with Gasteiger partial charge in [0.15, 0.2) is 0 Å². The number of benzene rings is 2. The Labute approximate surface area is 173 Å². The molecule has 0 saturated heterocycles. The van der Waals surface area contributed by atoms with Crippen LogP contribution in [0.4, 0.5) is 4.79 Å². The van der Waals surface area contributed by atoms with E-state index in [9.17, 15) is 9.59 Å². The number of urea groups is 1. The van der Waals surface area contributed by atoms with E-state index >= 15 is 0 Å². The summed E-state index contributed by atoms with van der Waals surface area (Å²) in [6.45, 7) is 5.68. The number of aromatic nitrogens is 3. The number of amides is 3. The third kappa shape index (κ3) is 5.17. The van der Waals surface area contributed by atoms with Crippen LogP contribution in [0.1, 0.15) is 18.1 Å². The van der Waals surface area contributed by atoms with E-state index in [1.165, 1.54) is 0 Å². The van der Waals surface area contributed by atoms with Crippen molar-refractivity contribution in [3.8, 4) is 22.5 Å². The van der Waals surface area contributed by atoms with Gasteiger partial charge in [0.2, 0.25) is 11.1 Å². The molecule has 0 aliphatic carbocycles. The molecule has 3 rings (SSSR count). The van der Waals surface area contributed by atoms with Gasteiger partial charge in [0.1, 0.15) is 11.4 Å². The van der Waals surface area contributed by atoms with Gasteiger partial charge in [-0.2, -0.15) is 0 Å². The fourth-order valence-corrected chi connectivity index (χ4v) is 3.33. The van der Waals surface area contributed by atoms with Gasteiger partial charge in [-0.15, -0.1) is 10.2 Å². The topological polar surface area (TPSA) is 111 Å². The number of primary amides is 1. The molecule has 0 saturated carbocycles. The van der Waals surface area contributed by atoms with Crippen molar-refractivity contribution in [3.63, 3.8) is 0 Å². The summed E-state index contributed by atoms with van der Waals surface area (Å²) in [5.41, 5.74) is 10.4. The van der Waals surface area contributed by atoms with Crippen LogP contribution in [-0.4, -0.2) is 32.4 Å². The Kier molecular flexibility index (Phi) is 6.23. The molecular formula is C21H21N5O2S. The smallest absolute Gasteiger partial charge is 0.318 e. The van der Waals surface area contributed by atoms with E-state index in [2.05, 4.69) is 20.5 Å². The standard InChI is InChI=1S/C21H21N5O2S/c1-12-4-8-15(9-5-12)17-18(16-10-6-13(2)7-11-16)25-26-21(23-17)29-14(3)19(27)24-20(22)28/h4-11,14H,1-3H3,(H3,22,24,27,28)/t14-/m0/s1. The zero-order valence-electron chi connectivity index (χ0n) is 16.3. The van der Waals surface area contributed by atoms with Gasteiger partial charge in [0.05, 0.1) is 5.25 Å². The monoisotopic (exact) mass is 407 g/mol. The quantitative estimate of drug-likeness (QED) is 0.626. The maximum Gasteiger partial charge on any atom is 0.318 e. The summed E-state index contributed by atoms with van der Waals surface area (Å²) in [4.78, 5) is 27.5. The molecule has 7 nitrogen and oxygen atoms in total. The Balaban J connectivity index is 2.00. The molecule has 3 N–H and O–H groups in total. The van der Waals surface area contributed by atoms with E-state index in [1.807, 2.05) is 62.4 Å². The van der Waals surface area contributed by atoms with Gasteiger partial charge in [-0.25, -0.2) is 9.78 Å². The van der Waals surface area contributed by atoms with Crippen LogP contribution in [-0.2, 0) is 4.79 Å². The molecule has 0 fully saturated rings. The molecule has 0 unspecified atom stereocenters. The molecule has 148 valence electrons. The number of rotatable bonds is 5. The van der Waals surface area contributed by atoms with Gasteiger partial charge in [0.25, 0.3) is 0 Å². The second kappa shape index (κ2) is 8.83. The van der Waals surface area contributed by atoms with Crippen LogP contribution in [0.2, 0.25) is 0 Å². The zero-order valence-corrected chi connectivity index (χ0v) is 17.2. The lowest BCUT2D eigenvalue weighted by atomic mass is 10.0. The Hall–Kier alpha value is -3.26. The summed E-state index contributed by atoms with van der Waals surface area (Å²) in [7, 11) is 0. The first kappa shape index (κ1) is 20.5. The molecule has 0 spiro atoms. The highest BCUT2D eigenvalue weighted by molar-refractivity contribution is 8.00. The first-order valence-electron chi connectivity index (χ1n) is 8.99. The second-order valence-electron chi connectivity index (χ2n) is 6.64. The van der Waals surface area contributed by atoms with Crippen LogP contribution in [0.3, 0.4) is 0 Å². The number of carbonyl (C=O) groups excluding carboxylic acids is 2. The normalized spacial score (nSPS) is 11.7. The summed E-state index contributed by atoms with van der Waals surface area (Å²) in [5, 5.41) is 10.4. The largest absolute Gasteiger partial charge is 0.351 e. The van der Waals surface area contributed by atoms with Gasteiger partial charge < -0.3 is 5.73 Å². The van der Waals surface area contributed by atoms with Crippen LogP contribution < -0.4 is 11.1 Å². The van der Waals surface area contributed by atoms with Crippen molar-refractivity contribution in [2.45, 2.75) is 31.2 Å². The Morgan fingerprint density at radius 3 is 1.93 bits per heavy atom. The van der Waals surface area contributed by atoms with Crippen LogP contribution in [0.25, 0.3) is 22.5 Å². The van der Waals surface area contributed by atoms with Gasteiger partial charge in [-0.05, 0) is 20.8 Å². The highest BCUT2D eigenvalue weighted by atomic mass is 32.2. The van der Waals surface area contributed by atoms with Gasteiger partial charge in [0, 0.05) is 11.1 Å². The number of thioether (sulfide) groups is 1. The molecule has 3 amide bonds. The SMILES string of the molecule is Cc1ccc(-c2nnc(S[C@@H](C)C(=O)NC(N)=O)nc2-c2ccc(C)cc2)cc1. The van der Waals surface area contributed by atoms with Crippen LogP contribution >= 0.6 is 11.8 Å². The van der Waals surface area contributed by atoms with Crippen molar-refractivity contribution < 1.29 is 9.59 Å². The summed E-state index contributed by atoms with van der Waals surface area (Å²) in [5.74, 6) is -0.509. The van der Waals surface area contributed by atoms with Crippen molar-refractivity contribution in [2.24, 2.45) is 5.73 Å². The molecule has 0 radical (unpaired) electrons. The molecule has 0 aliphatic heterocycles. The fourth-order valence-electron chi connectivity index (χ4n) is 2.61. The minimum Gasteiger partial charge on any atom is -0.351 e. The molecule has 3 aromatic rings. The summed E-state index contributed by atoms with van der Waals surface area (Å²) < 4.78 is 0. The Bertz CT molecular complexity index is 1040. The van der Waals surface area contributed by atoms with Crippen LogP contribution in [0, 0.1) is 13.8 Å². The number of nitrogens with zero attached hydrogens (tertiary/aromatic N) is 3. The number of carbonyl (C=O) groups is 2. The lowest BCUT2D eigenvalue weighted by Gasteiger charge is -2.12. The lowest BCUT2D eigenvalue weighted by molar-refractivity contribution is -0.119. The summed E-state index contributed by atoms with van der Waals surface area (Å²) in [6, 6.07) is 15.1. The van der Waals surface area contributed by atoms with Crippen molar-refractivity contribution in [1.29, 1.82) is 0 Å². The predicted octanol–water partition coefficient (Wildman–Crippen LogP) is 3.50. The van der Waals surface area contributed by atoms with E-state index in [4.69, 9.17) is 5.73 Å². The van der Waals surface area contributed by atoms with Crippen molar-refractivity contribution in [2.75, 3.05) is 0 Å². The molecule has 0 bridgehead atoms. The zero-order chi connectivity index (χ0) is 21.0. The van der Waals surface area contributed by atoms with Gasteiger partial charge in [-0.1, -0.05) is 71.4 Å². The van der Waals surface area contributed by atoms with Crippen LogP contribution in [0.5, 0.6) is 0 Å². The maximum atomic E-state index is 12.0. The lowest BCUT2D eigenvalue weighted by Crippen LogP contribution is -2.39. The van der Waals surface area contributed by atoms with E-state index in [1.54, 1.807) is 6.92 Å². The third-order valence-electron chi connectivity index (χ3n) is 4.22. The number of aryl methyl sites for hydroxylation is 2. The van der Waals surface area contributed by atoms with E-state index in [-0.39, 0.29) is 0 Å². The molecule has 0 aliphatic rings. The molecule has 29 heavy (non-hydrogen) atoms. The average molecular weight is 407 g/mol. The first-order valence-corrected chi connectivity index (χ1v) is 9.87. The minimum absolute atomic E-state index is 0.337. The fraction of sp³-hybridized carbons (Fsp3) is 0.190. The highest BCUT2D eigenvalue weighted by Gasteiger charge is 2.20.